The zero-order valence-corrected chi connectivity index (χ0v) is 14.8. The van der Waals surface area contributed by atoms with Crippen molar-refractivity contribution < 1.29 is 27.6 Å². The Morgan fingerprint density at radius 2 is 2.08 bits per heavy atom. The lowest BCUT2D eigenvalue weighted by Gasteiger charge is -2.28. The van der Waals surface area contributed by atoms with E-state index in [4.69, 9.17) is 4.74 Å². The number of nitro groups is 1. The van der Waals surface area contributed by atoms with Crippen molar-refractivity contribution in [2.45, 2.75) is 57.6 Å². The summed E-state index contributed by atoms with van der Waals surface area (Å²) in [7, 11) is 0. The molecule has 1 aliphatic rings. The van der Waals surface area contributed by atoms with Crippen molar-refractivity contribution in [3.05, 3.63) is 39.7 Å². The van der Waals surface area contributed by atoms with Crippen LogP contribution >= 0.6 is 0 Å². The van der Waals surface area contributed by atoms with Crippen LogP contribution in [0.1, 0.15) is 39.2 Å². The van der Waals surface area contributed by atoms with Crippen LogP contribution in [-0.2, 0) is 11.2 Å². The van der Waals surface area contributed by atoms with Gasteiger partial charge in [0, 0.05) is 18.0 Å². The summed E-state index contributed by atoms with van der Waals surface area (Å²) in [5.74, 6) is -3.79. The first-order valence-corrected chi connectivity index (χ1v) is 8.18. The molecule has 2 rings (SSSR count). The number of hydrogen-bond acceptors (Lipinski definition) is 4. The number of benzene rings is 1. The molecule has 6 nitrogen and oxygen atoms in total. The third-order valence-corrected chi connectivity index (χ3v) is 4.00. The highest BCUT2D eigenvalue weighted by Crippen LogP contribution is 2.35. The highest BCUT2D eigenvalue weighted by molar-refractivity contribution is 5.69. The van der Waals surface area contributed by atoms with Crippen LogP contribution in [-0.4, -0.2) is 40.0 Å². The Bertz CT molecular complexity index is 704. The number of aryl methyl sites for hydroxylation is 1. The summed E-state index contributed by atoms with van der Waals surface area (Å²) in [6.07, 6.45) is -1.23. The second-order valence-electron chi connectivity index (χ2n) is 7.39. The minimum atomic E-state index is -3.05. The predicted molar refractivity (Wildman–Crippen MR) is 87.7 cm³/mol. The van der Waals surface area contributed by atoms with E-state index in [9.17, 15) is 28.1 Å². The topological polar surface area (TPSA) is 72.7 Å². The van der Waals surface area contributed by atoms with Crippen molar-refractivity contribution in [2.24, 2.45) is 0 Å². The number of alkyl halides is 2. The molecule has 1 amide bonds. The summed E-state index contributed by atoms with van der Waals surface area (Å²) in [5, 5.41) is 11.0. The largest absolute Gasteiger partial charge is 0.444 e. The summed E-state index contributed by atoms with van der Waals surface area (Å²) >= 11 is 0. The quantitative estimate of drug-likeness (QED) is 0.581. The first-order chi connectivity index (χ1) is 11.9. The first-order valence-electron chi connectivity index (χ1n) is 8.18. The van der Waals surface area contributed by atoms with Gasteiger partial charge in [-0.3, -0.25) is 15.0 Å². The van der Waals surface area contributed by atoms with E-state index in [1.807, 2.05) is 0 Å². The molecule has 1 aliphatic heterocycles. The number of nitrogens with zero attached hydrogens (tertiary/aromatic N) is 2. The van der Waals surface area contributed by atoms with Crippen LogP contribution in [0.5, 0.6) is 0 Å². The number of carbonyl (C=O) groups is 1. The van der Waals surface area contributed by atoms with Gasteiger partial charge >= 0.3 is 6.09 Å². The number of nitro benzene ring substituents is 1. The Morgan fingerprint density at radius 3 is 2.65 bits per heavy atom. The molecule has 0 aliphatic carbocycles. The van der Waals surface area contributed by atoms with Crippen molar-refractivity contribution in [1.29, 1.82) is 0 Å². The number of likely N-dealkylation sites (tertiary alicyclic amines) is 1. The molecule has 0 bridgehead atoms. The minimum absolute atomic E-state index is 0.0661. The van der Waals surface area contributed by atoms with Crippen LogP contribution in [0, 0.1) is 15.9 Å². The average Bonchev–Trinajstić information content (AvgIpc) is 2.79. The standard InChI is InChI=1S/C17H21F3N2O4/c1-16(2,3)26-15(23)21-10-17(19,20)9-13(21)7-5-11-4-6-12(18)8-14(11)22(24)25/h4,6,8,13H,5,7,9-10H2,1-3H3/t13-/m1/s1. The maximum Gasteiger partial charge on any atom is 0.410 e. The fraction of sp³-hybridized carbons (Fsp3) is 0.588. The fourth-order valence-electron chi connectivity index (χ4n) is 2.93. The average molecular weight is 374 g/mol. The maximum atomic E-state index is 13.8. The molecule has 1 aromatic carbocycles. The Morgan fingerprint density at radius 1 is 1.42 bits per heavy atom. The monoisotopic (exact) mass is 374 g/mol. The lowest BCUT2D eigenvalue weighted by molar-refractivity contribution is -0.385. The Kier molecular flexibility index (Phi) is 5.48. The predicted octanol–water partition coefficient (Wildman–Crippen LogP) is 4.31. The van der Waals surface area contributed by atoms with E-state index >= 15 is 0 Å². The van der Waals surface area contributed by atoms with Crippen molar-refractivity contribution >= 4 is 11.8 Å². The van der Waals surface area contributed by atoms with Gasteiger partial charge in [0.15, 0.2) is 0 Å². The fourth-order valence-corrected chi connectivity index (χ4v) is 2.93. The Hall–Kier alpha value is -2.32. The Labute approximate surface area is 149 Å². The SMILES string of the molecule is CC(C)(C)OC(=O)N1CC(F)(F)C[C@H]1CCc1ccc(F)cc1[N+](=O)[O-]. The van der Waals surface area contributed by atoms with Gasteiger partial charge in [-0.15, -0.1) is 0 Å². The molecule has 0 radical (unpaired) electrons. The van der Waals surface area contributed by atoms with Crippen LogP contribution in [0.3, 0.4) is 0 Å². The van der Waals surface area contributed by atoms with Crippen LogP contribution in [0.15, 0.2) is 18.2 Å². The van der Waals surface area contributed by atoms with E-state index in [0.717, 1.165) is 17.0 Å². The molecule has 0 N–H and O–H groups in total. The molecule has 9 heteroatoms. The van der Waals surface area contributed by atoms with Crippen molar-refractivity contribution in [3.8, 4) is 0 Å². The lowest BCUT2D eigenvalue weighted by Crippen LogP contribution is -2.40. The summed E-state index contributed by atoms with van der Waals surface area (Å²) < 4.78 is 46.0. The number of ether oxygens (including phenoxy) is 1. The second kappa shape index (κ2) is 7.13. The van der Waals surface area contributed by atoms with E-state index < -0.39 is 53.1 Å². The molecular weight excluding hydrogens is 353 g/mol. The number of carbonyl (C=O) groups excluding carboxylic acids is 1. The van der Waals surface area contributed by atoms with Gasteiger partial charge in [0.1, 0.15) is 11.4 Å². The van der Waals surface area contributed by atoms with Crippen LogP contribution < -0.4 is 0 Å². The van der Waals surface area contributed by atoms with Crippen LogP contribution in [0.25, 0.3) is 0 Å². The van der Waals surface area contributed by atoms with Gasteiger partial charge in [0.05, 0.1) is 17.5 Å². The molecule has 0 unspecified atom stereocenters. The second-order valence-corrected chi connectivity index (χ2v) is 7.39. The molecule has 1 aromatic rings. The van der Waals surface area contributed by atoms with Crippen LogP contribution in [0.4, 0.5) is 23.7 Å². The summed E-state index contributed by atoms with van der Waals surface area (Å²) in [4.78, 5) is 23.5. The van der Waals surface area contributed by atoms with Crippen LogP contribution in [0.2, 0.25) is 0 Å². The summed E-state index contributed by atoms with van der Waals surface area (Å²) in [5.41, 5.74) is -0.996. The maximum absolute atomic E-state index is 13.8. The van der Waals surface area contributed by atoms with Gasteiger partial charge in [-0.25, -0.2) is 18.0 Å². The molecule has 0 saturated carbocycles. The summed E-state index contributed by atoms with van der Waals surface area (Å²) in [6.45, 7) is 4.15. The number of halogens is 3. The number of rotatable bonds is 4. The number of hydrogen-bond donors (Lipinski definition) is 0. The highest BCUT2D eigenvalue weighted by atomic mass is 19.3. The first kappa shape index (κ1) is 20.0. The van der Waals surface area contributed by atoms with E-state index in [1.54, 1.807) is 20.8 Å². The molecule has 1 atom stereocenters. The molecule has 0 aromatic heterocycles. The van der Waals surface area contributed by atoms with Gasteiger partial charge in [-0.1, -0.05) is 0 Å². The highest BCUT2D eigenvalue weighted by Gasteiger charge is 2.48. The molecule has 1 heterocycles. The third-order valence-electron chi connectivity index (χ3n) is 4.00. The third kappa shape index (κ3) is 5.09. The van der Waals surface area contributed by atoms with Crippen molar-refractivity contribution in [3.63, 3.8) is 0 Å². The molecular formula is C17H21F3N2O4. The Balaban J connectivity index is 2.14. The van der Waals surface area contributed by atoms with Gasteiger partial charge in [-0.05, 0) is 45.7 Å². The molecule has 26 heavy (non-hydrogen) atoms. The summed E-state index contributed by atoms with van der Waals surface area (Å²) in [6, 6.07) is 2.32. The van der Waals surface area contributed by atoms with E-state index in [2.05, 4.69) is 0 Å². The zero-order valence-electron chi connectivity index (χ0n) is 14.8. The normalized spacial score (nSPS) is 19.5. The van der Waals surface area contributed by atoms with E-state index in [-0.39, 0.29) is 18.4 Å². The van der Waals surface area contributed by atoms with Crippen molar-refractivity contribution in [2.75, 3.05) is 6.54 Å². The zero-order chi connectivity index (χ0) is 19.7. The van der Waals surface area contributed by atoms with Gasteiger partial charge in [-0.2, -0.15) is 0 Å². The minimum Gasteiger partial charge on any atom is -0.444 e. The smallest absolute Gasteiger partial charge is 0.410 e. The molecule has 0 spiro atoms. The van der Waals surface area contributed by atoms with Gasteiger partial charge < -0.3 is 4.74 Å². The lowest BCUT2D eigenvalue weighted by atomic mass is 10.0. The molecule has 144 valence electrons. The molecule has 1 saturated heterocycles. The van der Waals surface area contributed by atoms with Gasteiger partial charge in [0.2, 0.25) is 0 Å². The van der Waals surface area contributed by atoms with Crippen molar-refractivity contribution in [1.82, 2.24) is 4.90 Å². The van der Waals surface area contributed by atoms with E-state index in [1.165, 1.54) is 6.07 Å². The van der Waals surface area contributed by atoms with Gasteiger partial charge in [0.25, 0.3) is 11.6 Å². The number of amides is 1. The van der Waals surface area contributed by atoms with E-state index in [0.29, 0.717) is 0 Å². The molecule has 1 fully saturated rings.